The molecule has 0 bridgehead atoms. The average Bonchev–Trinajstić information content (AvgIpc) is 3.10. The summed E-state index contributed by atoms with van der Waals surface area (Å²) in [5.74, 6) is 2.58. The highest BCUT2D eigenvalue weighted by Crippen LogP contribution is 2.32. The molecule has 0 spiro atoms. The van der Waals surface area contributed by atoms with Gasteiger partial charge in [-0.2, -0.15) is 0 Å². The van der Waals surface area contributed by atoms with Crippen LogP contribution in [-0.2, 0) is 11.3 Å². The van der Waals surface area contributed by atoms with Gasteiger partial charge >= 0.3 is 0 Å². The first-order valence-corrected chi connectivity index (χ1v) is 7.78. The zero-order chi connectivity index (χ0) is 15.3. The number of hydrogen-bond acceptors (Lipinski definition) is 4. The molecule has 1 aromatic heterocycles. The van der Waals surface area contributed by atoms with Crippen LogP contribution in [0.3, 0.4) is 0 Å². The first kappa shape index (κ1) is 13.6. The van der Waals surface area contributed by atoms with Crippen molar-refractivity contribution in [1.29, 1.82) is 0 Å². The van der Waals surface area contributed by atoms with Gasteiger partial charge in [0.2, 0.25) is 5.91 Å². The summed E-state index contributed by atoms with van der Waals surface area (Å²) in [5.41, 5.74) is 0.815. The predicted molar refractivity (Wildman–Crippen MR) is 82.4 cm³/mol. The molecule has 2 fully saturated rings. The van der Waals surface area contributed by atoms with Crippen molar-refractivity contribution in [2.45, 2.75) is 13.5 Å². The maximum absolute atomic E-state index is 11.5. The number of amides is 1. The summed E-state index contributed by atoms with van der Waals surface area (Å²) in [4.78, 5) is 15.8. The van der Waals surface area contributed by atoms with Gasteiger partial charge in [0.05, 0.1) is 6.54 Å². The number of carbonyl (C=O) groups is 1. The Morgan fingerprint density at radius 3 is 2.64 bits per heavy atom. The molecule has 4 rings (SSSR count). The Balaban J connectivity index is 1.43. The van der Waals surface area contributed by atoms with E-state index >= 15 is 0 Å². The van der Waals surface area contributed by atoms with Crippen molar-refractivity contribution < 1.29 is 14.3 Å². The zero-order valence-electron chi connectivity index (χ0n) is 12.7. The van der Waals surface area contributed by atoms with Gasteiger partial charge in [0.1, 0.15) is 17.1 Å². The second-order valence-corrected chi connectivity index (χ2v) is 6.57. The summed E-state index contributed by atoms with van der Waals surface area (Å²) in [7, 11) is 0. The number of phenols is 1. The minimum Gasteiger partial charge on any atom is -0.508 e. The molecule has 2 aliphatic heterocycles. The third-order valence-electron chi connectivity index (χ3n) is 4.94. The maximum atomic E-state index is 11.5. The van der Waals surface area contributed by atoms with E-state index < -0.39 is 0 Å². The highest BCUT2D eigenvalue weighted by Gasteiger charge is 2.40. The number of aromatic hydroxyl groups is 1. The van der Waals surface area contributed by atoms with Crippen LogP contribution in [0.1, 0.15) is 12.7 Å². The van der Waals surface area contributed by atoms with Crippen LogP contribution in [0.25, 0.3) is 11.0 Å². The highest BCUT2D eigenvalue weighted by molar-refractivity contribution is 5.79. The van der Waals surface area contributed by atoms with Gasteiger partial charge in [0.25, 0.3) is 0 Å². The van der Waals surface area contributed by atoms with E-state index in [4.69, 9.17) is 4.42 Å². The Kier molecular flexibility index (Phi) is 3.11. The van der Waals surface area contributed by atoms with Gasteiger partial charge in [-0.25, -0.2) is 0 Å². The zero-order valence-corrected chi connectivity index (χ0v) is 12.7. The Morgan fingerprint density at radius 2 is 1.95 bits per heavy atom. The van der Waals surface area contributed by atoms with E-state index in [2.05, 4.69) is 4.90 Å². The molecule has 2 aromatic rings. The van der Waals surface area contributed by atoms with Crippen LogP contribution in [0.2, 0.25) is 0 Å². The largest absolute Gasteiger partial charge is 0.508 e. The van der Waals surface area contributed by atoms with Crippen LogP contribution in [-0.4, -0.2) is 47.0 Å². The lowest BCUT2D eigenvalue weighted by atomic mass is 10.0. The number of fused-ring (bicyclic) bond motifs is 2. The normalized spacial score (nSPS) is 25.0. The van der Waals surface area contributed by atoms with Crippen molar-refractivity contribution in [2.75, 3.05) is 26.2 Å². The van der Waals surface area contributed by atoms with Gasteiger partial charge in [-0.1, -0.05) is 0 Å². The van der Waals surface area contributed by atoms with E-state index in [1.54, 1.807) is 25.1 Å². The highest BCUT2D eigenvalue weighted by atomic mass is 16.3. The molecule has 0 radical (unpaired) electrons. The summed E-state index contributed by atoms with van der Waals surface area (Å²) in [6.45, 7) is 6.29. The van der Waals surface area contributed by atoms with Gasteiger partial charge in [-0.3, -0.25) is 9.69 Å². The summed E-state index contributed by atoms with van der Waals surface area (Å²) >= 11 is 0. The molecule has 0 saturated carbocycles. The van der Waals surface area contributed by atoms with Gasteiger partial charge in [-0.15, -0.1) is 0 Å². The molecule has 22 heavy (non-hydrogen) atoms. The number of furan rings is 1. The topological polar surface area (TPSA) is 56.9 Å². The van der Waals surface area contributed by atoms with Crippen LogP contribution in [0, 0.1) is 11.8 Å². The lowest BCUT2D eigenvalue weighted by Crippen LogP contribution is -2.31. The third-order valence-corrected chi connectivity index (χ3v) is 4.94. The fourth-order valence-corrected chi connectivity index (χ4v) is 3.86. The number of benzene rings is 1. The molecular formula is C17H20N2O3. The molecule has 5 heteroatoms. The molecule has 5 nitrogen and oxygen atoms in total. The molecule has 2 atom stereocenters. The van der Waals surface area contributed by atoms with Crippen molar-refractivity contribution in [3.63, 3.8) is 0 Å². The van der Waals surface area contributed by atoms with Gasteiger partial charge < -0.3 is 14.4 Å². The molecule has 2 saturated heterocycles. The van der Waals surface area contributed by atoms with Crippen molar-refractivity contribution in [3.05, 3.63) is 30.0 Å². The number of phenolic OH excluding ortho intramolecular Hbond substituents is 1. The first-order valence-electron chi connectivity index (χ1n) is 7.78. The fraction of sp³-hybridized carbons (Fsp3) is 0.471. The van der Waals surface area contributed by atoms with Crippen LogP contribution >= 0.6 is 0 Å². The van der Waals surface area contributed by atoms with Crippen LogP contribution in [0.15, 0.2) is 28.7 Å². The number of carbonyl (C=O) groups excluding carboxylic acids is 1. The molecule has 1 aromatic carbocycles. The SMILES string of the molecule is CC(=O)N1CC2CN(Cc3cc4cc(O)ccc4o3)CC2C1. The number of likely N-dealkylation sites (tertiary alicyclic amines) is 2. The fourth-order valence-electron chi connectivity index (χ4n) is 3.86. The second kappa shape index (κ2) is 5.02. The van der Waals surface area contributed by atoms with E-state index in [1.807, 2.05) is 11.0 Å². The maximum Gasteiger partial charge on any atom is 0.219 e. The van der Waals surface area contributed by atoms with Crippen molar-refractivity contribution in [2.24, 2.45) is 11.8 Å². The standard InChI is InChI=1S/C17H20N2O3/c1-11(20)19-8-13-6-18(7-14(13)9-19)10-16-5-12-4-15(21)2-3-17(12)22-16/h2-5,13-14,21H,6-10H2,1H3. The molecule has 2 unspecified atom stereocenters. The lowest BCUT2D eigenvalue weighted by molar-refractivity contribution is -0.128. The number of rotatable bonds is 2. The monoisotopic (exact) mass is 300 g/mol. The smallest absolute Gasteiger partial charge is 0.219 e. The van der Waals surface area contributed by atoms with E-state index in [1.165, 1.54) is 0 Å². The summed E-state index contributed by atoms with van der Waals surface area (Å²) in [6, 6.07) is 7.18. The quantitative estimate of drug-likeness (QED) is 0.922. The Labute approximate surface area is 129 Å². The average molecular weight is 300 g/mol. The minimum absolute atomic E-state index is 0.193. The van der Waals surface area contributed by atoms with Gasteiger partial charge in [0, 0.05) is 38.5 Å². The Morgan fingerprint density at radius 1 is 1.23 bits per heavy atom. The molecule has 1 N–H and O–H groups in total. The number of hydrogen-bond donors (Lipinski definition) is 1. The van der Waals surface area contributed by atoms with E-state index in [0.29, 0.717) is 11.8 Å². The minimum atomic E-state index is 0.193. The van der Waals surface area contributed by atoms with Crippen molar-refractivity contribution in [3.8, 4) is 5.75 Å². The molecule has 116 valence electrons. The number of nitrogens with zero attached hydrogens (tertiary/aromatic N) is 2. The van der Waals surface area contributed by atoms with Crippen LogP contribution in [0.5, 0.6) is 5.75 Å². The first-order chi connectivity index (χ1) is 10.6. The summed E-state index contributed by atoms with van der Waals surface area (Å²) < 4.78 is 5.85. The molecule has 0 aliphatic carbocycles. The molecular weight excluding hydrogens is 280 g/mol. The molecule has 2 aliphatic rings. The van der Waals surface area contributed by atoms with Gasteiger partial charge in [-0.05, 0) is 36.1 Å². The molecule has 1 amide bonds. The Bertz CT molecular complexity index is 710. The van der Waals surface area contributed by atoms with Crippen molar-refractivity contribution in [1.82, 2.24) is 9.80 Å². The van der Waals surface area contributed by atoms with E-state index in [-0.39, 0.29) is 11.7 Å². The second-order valence-electron chi connectivity index (χ2n) is 6.57. The van der Waals surface area contributed by atoms with Gasteiger partial charge in [0.15, 0.2) is 0 Å². The van der Waals surface area contributed by atoms with E-state index in [0.717, 1.165) is 49.5 Å². The summed E-state index contributed by atoms with van der Waals surface area (Å²) in [6.07, 6.45) is 0. The predicted octanol–water partition coefficient (Wildman–Crippen LogP) is 2.05. The lowest BCUT2D eigenvalue weighted by Gasteiger charge is -2.19. The van der Waals surface area contributed by atoms with Crippen LogP contribution in [0.4, 0.5) is 0 Å². The summed E-state index contributed by atoms with van der Waals surface area (Å²) in [5, 5.41) is 10.5. The molecule has 3 heterocycles. The third kappa shape index (κ3) is 2.35. The van der Waals surface area contributed by atoms with Crippen LogP contribution < -0.4 is 0 Å². The van der Waals surface area contributed by atoms with E-state index in [9.17, 15) is 9.90 Å². The van der Waals surface area contributed by atoms with Crippen molar-refractivity contribution >= 4 is 16.9 Å². The Hall–Kier alpha value is -2.01.